The van der Waals surface area contributed by atoms with Crippen molar-refractivity contribution in [1.82, 2.24) is 4.31 Å². The van der Waals surface area contributed by atoms with Gasteiger partial charge in [-0.3, -0.25) is 0 Å². The van der Waals surface area contributed by atoms with Gasteiger partial charge in [-0.2, -0.15) is 4.31 Å². The highest BCUT2D eigenvalue weighted by Gasteiger charge is 2.32. The van der Waals surface area contributed by atoms with Crippen molar-refractivity contribution in [3.05, 3.63) is 23.2 Å². The maximum atomic E-state index is 12.3. The van der Waals surface area contributed by atoms with Gasteiger partial charge < -0.3 is 5.73 Å². The van der Waals surface area contributed by atoms with Crippen LogP contribution in [0.2, 0.25) is 5.02 Å². The van der Waals surface area contributed by atoms with Crippen LogP contribution in [-0.2, 0) is 10.0 Å². The van der Waals surface area contributed by atoms with Crippen LogP contribution < -0.4 is 5.73 Å². The molecule has 0 aromatic heterocycles. The van der Waals surface area contributed by atoms with Gasteiger partial charge in [-0.25, -0.2) is 8.42 Å². The number of anilines is 1. The quantitative estimate of drug-likeness (QED) is 0.859. The van der Waals surface area contributed by atoms with E-state index in [9.17, 15) is 8.42 Å². The van der Waals surface area contributed by atoms with Gasteiger partial charge in [-0.15, -0.1) is 0 Å². The first-order valence-electron chi connectivity index (χ1n) is 5.46. The Hall–Kier alpha value is -0.780. The summed E-state index contributed by atoms with van der Waals surface area (Å²) >= 11 is 5.82. The van der Waals surface area contributed by atoms with Gasteiger partial charge in [-0.05, 0) is 31.0 Å². The number of nitrogens with zero attached hydrogens (tertiary/aromatic N) is 1. The zero-order chi connectivity index (χ0) is 12.6. The summed E-state index contributed by atoms with van der Waals surface area (Å²) in [5.41, 5.74) is 5.95. The third kappa shape index (κ3) is 2.27. The van der Waals surface area contributed by atoms with Crippen LogP contribution in [0.1, 0.15) is 19.3 Å². The summed E-state index contributed by atoms with van der Waals surface area (Å²) in [7, 11) is -1.93. The molecule has 0 amide bonds. The minimum Gasteiger partial charge on any atom is -0.398 e. The molecule has 0 atom stereocenters. The molecule has 0 heterocycles. The molecule has 1 aliphatic carbocycles. The number of halogens is 1. The molecule has 1 fully saturated rings. The summed E-state index contributed by atoms with van der Waals surface area (Å²) in [5.74, 6) is 0. The van der Waals surface area contributed by atoms with Crippen LogP contribution in [0.25, 0.3) is 0 Å². The number of sulfonamides is 1. The molecule has 2 N–H and O–H groups in total. The molecule has 1 aromatic carbocycles. The minimum absolute atomic E-state index is 0.0957. The van der Waals surface area contributed by atoms with Gasteiger partial charge in [-0.1, -0.05) is 18.0 Å². The van der Waals surface area contributed by atoms with Crippen LogP contribution in [0.15, 0.2) is 23.1 Å². The third-order valence-corrected chi connectivity index (χ3v) is 5.42. The van der Waals surface area contributed by atoms with Crippen molar-refractivity contribution in [1.29, 1.82) is 0 Å². The molecule has 1 aliphatic rings. The monoisotopic (exact) mass is 274 g/mol. The van der Waals surface area contributed by atoms with Crippen molar-refractivity contribution in [3.63, 3.8) is 0 Å². The predicted molar refractivity (Wildman–Crippen MR) is 68.5 cm³/mol. The molecule has 1 aromatic rings. The lowest BCUT2D eigenvalue weighted by molar-refractivity contribution is 0.250. The van der Waals surface area contributed by atoms with Crippen molar-refractivity contribution in [2.75, 3.05) is 12.8 Å². The van der Waals surface area contributed by atoms with Gasteiger partial charge in [0.15, 0.2) is 0 Å². The van der Waals surface area contributed by atoms with Crippen molar-refractivity contribution in [3.8, 4) is 0 Å². The first-order valence-corrected chi connectivity index (χ1v) is 7.28. The molecule has 6 heteroatoms. The Morgan fingerprint density at radius 2 is 2.06 bits per heavy atom. The largest absolute Gasteiger partial charge is 0.398 e. The fourth-order valence-corrected chi connectivity index (χ4v) is 3.63. The second kappa shape index (κ2) is 4.48. The van der Waals surface area contributed by atoms with Crippen molar-refractivity contribution >= 4 is 27.3 Å². The third-order valence-electron chi connectivity index (χ3n) is 3.22. The number of hydrogen-bond acceptors (Lipinski definition) is 3. The van der Waals surface area contributed by atoms with Crippen LogP contribution in [0.5, 0.6) is 0 Å². The van der Waals surface area contributed by atoms with Crippen LogP contribution in [0.4, 0.5) is 5.69 Å². The summed E-state index contributed by atoms with van der Waals surface area (Å²) in [6.07, 6.45) is 2.90. The highest BCUT2D eigenvalue weighted by atomic mass is 35.5. The van der Waals surface area contributed by atoms with Gasteiger partial charge >= 0.3 is 0 Å². The van der Waals surface area contributed by atoms with Crippen molar-refractivity contribution in [2.45, 2.75) is 30.2 Å². The van der Waals surface area contributed by atoms with E-state index in [1.807, 2.05) is 0 Å². The molecule has 17 heavy (non-hydrogen) atoms. The molecule has 1 saturated carbocycles. The van der Waals surface area contributed by atoms with E-state index in [1.165, 1.54) is 16.4 Å². The zero-order valence-corrected chi connectivity index (χ0v) is 11.1. The first-order chi connectivity index (χ1) is 7.93. The number of nitrogen functional groups attached to an aromatic ring is 1. The first kappa shape index (κ1) is 12.7. The van der Waals surface area contributed by atoms with Gasteiger partial charge in [0.1, 0.15) is 4.90 Å². The average Bonchev–Trinajstić information content (AvgIpc) is 2.19. The topological polar surface area (TPSA) is 63.4 Å². The normalized spacial score (nSPS) is 17.1. The van der Waals surface area contributed by atoms with E-state index in [2.05, 4.69) is 0 Å². The molecule has 94 valence electrons. The zero-order valence-electron chi connectivity index (χ0n) is 9.56. The fraction of sp³-hybridized carbons (Fsp3) is 0.455. The van der Waals surface area contributed by atoms with E-state index in [0.717, 1.165) is 19.3 Å². The summed E-state index contributed by atoms with van der Waals surface area (Å²) in [6, 6.07) is 4.60. The lowest BCUT2D eigenvalue weighted by Crippen LogP contribution is -2.41. The molecule has 0 bridgehead atoms. The number of rotatable bonds is 3. The van der Waals surface area contributed by atoms with E-state index in [4.69, 9.17) is 17.3 Å². The van der Waals surface area contributed by atoms with E-state index in [-0.39, 0.29) is 16.6 Å². The lowest BCUT2D eigenvalue weighted by atomic mass is 9.94. The molecule has 2 rings (SSSR count). The second-order valence-corrected chi connectivity index (χ2v) is 6.69. The maximum absolute atomic E-state index is 12.3. The molecule has 0 saturated heterocycles. The summed E-state index contributed by atoms with van der Waals surface area (Å²) < 4.78 is 26.1. The highest BCUT2D eigenvalue weighted by molar-refractivity contribution is 7.89. The lowest BCUT2D eigenvalue weighted by Gasteiger charge is -2.34. The number of nitrogens with two attached hydrogens (primary N) is 1. The van der Waals surface area contributed by atoms with Crippen molar-refractivity contribution < 1.29 is 8.42 Å². The molecule has 0 aliphatic heterocycles. The van der Waals surface area contributed by atoms with Crippen molar-refractivity contribution in [2.24, 2.45) is 0 Å². The van der Waals surface area contributed by atoms with Gasteiger partial charge in [0.2, 0.25) is 10.0 Å². The Kier molecular flexibility index (Phi) is 3.34. The Balaban J connectivity index is 2.39. The molecular formula is C11H15ClN2O2S. The van der Waals surface area contributed by atoms with E-state index < -0.39 is 10.0 Å². The predicted octanol–water partition coefficient (Wildman–Crippen LogP) is 2.10. The maximum Gasteiger partial charge on any atom is 0.245 e. The summed E-state index contributed by atoms with van der Waals surface area (Å²) in [6.45, 7) is 0. The molecule has 0 spiro atoms. The molecule has 0 unspecified atom stereocenters. The minimum atomic E-state index is -3.53. The summed E-state index contributed by atoms with van der Waals surface area (Å²) in [4.78, 5) is 0.0967. The highest BCUT2D eigenvalue weighted by Crippen LogP contribution is 2.31. The SMILES string of the molecule is CN(C1CCC1)S(=O)(=O)c1cc(Cl)ccc1N. The number of benzene rings is 1. The van der Waals surface area contributed by atoms with Gasteiger partial charge in [0.25, 0.3) is 0 Å². The van der Waals surface area contributed by atoms with Crippen LogP contribution in [0, 0.1) is 0 Å². The van der Waals surface area contributed by atoms with Crippen LogP contribution in [-0.4, -0.2) is 25.8 Å². The van der Waals surface area contributed by atoms with Crippen LogP contribution in [0.3, 0.4) is 0 Å². The molecular weight excluding hydrogens is 260 g/mol. The molecule has 0 radical (unpaired) electrons. The Morgan fingerprint density at radius 3 is 2.59 bits per heavy atom. The Bertz CT molecular complexity index is 526. The van der Waals surface area contributed by atoms with E-state index in [1.54, 1.807) is 13.1 Å². The van der Waals surface area contributed by atoms with Gasteiger partial charge in [0.05, 0.1) is 5.69 Å². The van der Waals surface area contributed by atoms with Crippen LogP contribution >= 0.6 is 11.6 Å². The average molecular weight is 275 g/mol. The summed E-state index contributed by atoms with van der Waals surface area (Å²) in [5, 5.41) is 0.375. The van der Waals surface area contributed by atoms with E-state index in [0.29, 0.717) is 5.02 Å². The Morgan fingerprint density at radius 1 is 1.41 bits per heavy atom. The smallest absolute Gasteiger partial charge is 0.245 e. The second-order valence-electron chi connectivity index (χ2n) is 4.29. The fourth-order valence-electron chi connectivity index (χ4n) is 1.83. The van der Waals surface area contributed by atoms with Gasteiger partial charge in [0, 0.05) is 18.1 Å². The molecule has 4 nitrogen and oxygen atoms in total. The number of hydrogen-bond donors (Lipinski definition) is 1. The Labute approximate surface area is 106 Å². The van der Waals surface area contributed by atoms with E-state index >= 15 is 0 Å². The standard InChI is InChI=1S/C11H15ClN2O2S/c1-14(9-3-2-4-9)17(15,16)11-7-8(12)5-6-10(11)13/h5-7,9H,2-4,13H2,1H3.